The highest BCUT2D eigenvalue weighted by Gasteiger charge is 2.21. The average Bonchev–Trinajstić information content (AvgIpc) is 2.80. The van der Waals surface area contributed by atoms with Crippen molar-refractivity contribution in [3.8, 4) is 5.69 Å². The molecule has 0 atom stereocenters. The normalized spacial score (nSPS) is 13.8. The van der Waals surface area contributed by atoms with E-state index in [1.54, 1.807) is 0 Å². The minimum atomic E-state index is 0.757. The van der Waals surface area contributed by atoms with Gasteiger partial charge in [0.25, 0.3) is 0 Å². The maximum absolute atomic E-state index is 6.38. The minimum absolute atomic E-state index is 0.757. The molecule has 0 spiro atoms. The maximum atomic E-state index is 6.38. The van der Waals surface area contributed by atoms with Crippen molar-refractivity contribution in [1.82, 2.24) is 9.78 Å². The van der Waals surface area contributed by atoms with Gasteiger partial charge in [0.05, 0.1) is 11.4 Å². The van der Waals surface area contributed by atoms with Crippen LogP contribution < -0.4 is 5.32 Å². The number of halogens is 2. The van der Waals surface area contributed by atoms with Gasteiger partial charge >= 0.3 is 0 Å². The monoisotopic (exact) mass is 415 g/mol. The van der Waals surface area contributed by atoms with Crippen molar-refractivity contribution in [3.05, 3.63) is 74.8 Å². The molecule has 3 nitrogen and oxygen atoms in total. The van der Waals surface area contributed by atoms with E-state index in [9.17, 15) is 0 Å². The molecule has 128 valence electrons. The van der Waals surface area contributed by atoms with Crippen molar-refractivity contribution in [2.75, 3.05) is 11.9 Å². The fourth-order valence-electron chi connectivity index (χ4n) is 3.31. The van der Waals surface area contributed by atoms with E-state index in [1.165, 1.54) is 18.4 Å². The average molecular weight is 417 g/mol. The van der Waals surface area contributed by atoms with Gasteiger partial charge in [-0.2, -0.15) is 5.10 Å². The predicted molar refractivity (Wildman–Crippen MR) is 107 cm³/mol. The first-order valence-corrected chi connectivity index (χ1v) is 9.73. The lowest BCUT2D eigenvalue weighted by molar-refractivity contribution is 0.767. The van der Waals surface area contributed by atoms with E-state index < -0.39 is 0 Å². The van der Waals surface area contributed by atoms with Crippen molar-refractivity contribution in [2.45, 2.75) is 25.7 Å². The van der Waals surface area contributed by atoms with Crippen LogP contribution in [0.4, 0.5) is 5.82 Å². The second kappa shape index (κ2) is 7.22. The Bertz CT molecular complexity index is 886. The van der Waals surface area contributed by atoms with E-state index in [-0.39, 0.29) is 0 Å². The van der Waals surface area contributed by atoms with E-state index >= 15 is 0 Å². The minimum Gasteiger partial charge on any atom is -0.370 e. The third-order valence-corrected chi connectivity index (χ3v) is 5.50. The molecule has 2 aromatic carbocycles. The number of rotatable bonds is 3. The summed E-state index contributed by atoms with van der Waals surface area (Å²) in [6.45, 7) is 0.987. The van der Waals surface area contributed by atoms with Crippen LogP contribution in [0.25, 0.3) is 5.69 Å². The van der Waals surface area contributed by atoms with E-state index in [0.717, 1.165) is 51.6 Å². The van der Waals surface area contributed by atoms with Gasteiger partial charge in [-0.3, -0.25) is 0 Å². The van der Waals surface area contributed by atoms with Gasteiger partial charge in [0, 0.05) is 28.0 Å². The fourth-order valence-corrected chi connectivity index (χ4v) is 3.77. The summed E-state index contributed by atoms with van der Waals surface area (Å²) in [5, 5.41) is 9.34. The van der Waals surface area contributed by atoms with Crippen molar-refractivity contribution in [3.63, 3.8) is 0 Å². The van der Waals surface area contributed by atoms with Gasteiger partial charge < -0.3 is 5.32 Å². The molecule has 0 saturated carbocycles. The number of nitrogens with one attached hydrogen (secondary N) is 1. The smallest absolute Gasteiger partial charge is 0.133 e. The molecule has 0 fully saturated rings. The lowest BCUT2D eigenvalue weighted by Crippen LogP contribution is -2.07. The first-order chi connectivity index (χ1) is 12.2. The molecule has 3 aromatic rings. The molecule has 25 heavy (non-hydrogen) atoms. The molecule has 1 aliphatic heterocycles. The van der Waals surface area contributed by atoms with Gasteiger partial charge in [0.15, 0.2) is 0 Å². The summed E-state index contributed by atoms with van der Waals surface area (Å²) >= 11 is 9.88. The molecule has 0 unspecified atom stereocenters. The number of nitrogens with zero attached hydrogens (tertiary/aromatic N) is 2. The van der Waals surface area contributed by atoms with Gasteiger partial charge in [0.2, 0.25) is 0 Å². The Morgan fingerprint density at radius 1 is 1.08 bits per heavy atom. The maximum Gasteiger partial charge on any atom is 0.133 e. The summed E-state index contributed by atoms with van der Waals surface area (Å²) in [5.41, 5.74) is 4.62. The zero-order valence-electron chi connectivity index (χ0n) is 13.8. The third kappa shape index (κ3) is 3.46. The summed E-state index contributed by atoms with van der Waals surface area (Å²) in [7, 11) is 0. The summed E-state index contributed by atoms with van der Waals surface area (Å²) in [6.07, 6.45) is 4.17. The van der Waals surface area contributed by atoms with E-state index in [0.29, 0.717) is 0 Å². The van der Waals surface area contributed by atoms with Crippen molar-refractivity contribution >= 4 is 33.3 Å². The van der Waals surface area contributed by atoms with Gasteiger partial charge in [-0.15, -0.1) is 0 Å². The van der Waals surface area contributed by atoms with Gasteiger partial charge in [-0.1, -0.05) is 45.7 Å². The fraction of sp³-hybridized carbons (Fsp3) is 0.250. The molecule has 1 aromatic heterocycles. The second-order valence-electron chi connectivity index (χ2n) is 6.31. The van der Waals surface area contributed by atoms with Crippen molar-refractivity contribution < 1.29 is 0 Å². The summed E-state index contributed by atoms with van der Waals surface area (Å²) in [4.78, 5) is 0. The van der Waals surface area contributed by atoms with Crippen LogP contribution in [-0.4, -0.2) is 16.3 Å². The SMILES string of the molecule is Clc1ccccc1Cc1nn(-c2ccc(Br)cc2)c2c1CCCCN2. The summed E-state index contributed by atoms with van der Waals surface area (Å²) in [6, 6.07) is 16.3. The van der Waals surface area contributed by atoms with Crippen molar-refractivity contribution in [1.29, 1.82) is 0 Å². The molecule has 0 saturated heterocycles. The number of anilines is 1. The Morgan fingerprint density at radius 2 is 1.88 bits per heavy atom. The third-order valence-electron chi connectivity index (χ3n) is 4.60. The van der Waals surface area contributed by atoms with Crippen LogP contribution in [0.1, 0.15) is 29.7 Å². The second-order valence-corrected chi connectivity index (χ2v) is 7.64. The number of benzene rings is 2. The van der Waals surface area contributed by atoms with Crippen molar-refractivity contribution in [2.24, 2.45) is 0 Å². The summed E-state index contributed by atoms with van der Waals surface area (Å²) in [5.74, 6) is 1.13. The zero-order valence-corrected chi connectivity index (χ0v) is 16.1. The molecule has 4 rings (SSSR count). The molecule has 2 heterocycles. The van der Waals surface area contributed by atoms with Crippen LogP contribution >= 0.6 is 27.5 Å². The number of fused-ring (bicyclic) bond motifs is 1. The standard InChI is InChI=1S/C20H19BrClN3/c21-15-8-10-16(11-9-15)25-20-17(6-3-4-12-23-20)19(24-25)13-14-5-1-2-7-18(14)22/h1-2,5,7-11,23H,3-4,6,12-13H2. The van der Waals surface area contributed by atoms with Crippen LogP contribution in [-0.2, 0) is 12.8 Å². The van der Waals surface area contributed by atoms with Crippen LogP contribution in [0.5, 0.6) is 0 Å². The first kappa shape index (κ1) is 16.7. The zero-order chi connectivity index (χ0) is 17.2. The van der Waals surface area contributed by atoms with Crippen LogP contribution in [0.3, 0.4) is 0 Å². The Kier molecular flexibility index (Phi) is 4.82. The highest BCUT2D eigenvalue weighted by molar-refractivity contribution is 9.10. The molecule has 0 aliphatic carbocycles. The molecule has 0 radical (unpaired) electrons. The van der Waals surface area contributed by atoms with Crippen LogP contribution in [0.2, 0.25) is 5.02 Å². The number of hydrogen-bond donors (Lipinski definition) is 1. The molecular weight excluding hydrogens is 398 g/mol. The molecule has 0 bridgehead atoms. The molecule has 0 amide bonds. The Labute approximate surface area is 161 Å². The highest BCUT2D eigenvalue weighted by atomic mass is 79.9. The quantitative estimate of drug-likeness (QED) is 0.600. The largest absolute Gasteiger partial charge is 0.370 e. The van der Waals surface area contributed by atoms with E-state index in [4.69, 9.17) is 16.7 Å². The first-order valence-electron chi connectivity index (χ1n) is 8.56. The van der Waals surface area contributed by atoms with E-state index in [2.05, 4.69) is 39.4 Å². The van der Waals surface area contributed by atoms with Crippen LogP contribution in [0.15, 0.2) is 53.0 Å². The molecular formula is C20H19BrClN3. The Morgan fingerprint density at radius 3 is 2.68 bits per heavy atom. The van der Waals surface area contributed by atoms with E-state index in [1.807, 2.05) is 35.0 Å². The Balaban J connectivity index is 1.79. The molecule has 1 aliphatic rings. The lowest BCUT2D eigenvalue weighted by Gasteiger charge is -2.09. The van der Waals surface area contributed by atoms with Gasteiger partial charge in [-0.05, 0) is 55.2 Å². The number of aromatic nitrogens is 2. The predicted octanol–water partition coefficient (Wildman–Crippen LogP) is 5.63. The summed E-state index contributed by atoms with van der Waals surface area (Å²) < 4.78 is 3.11. The Hall–Kier alpha value is -1.78. The highest BCUT2D eigenvalue weighted by Crippen LogP contribution is 2.31. The van der Waals surface area contributed by atoms with Gasteiger partial charge in [-0.25, -0.2) is 4.68 Å². The molecule has 5 heteroatoms. The topological polar surface area (TPSA) is 29.9 Å². The molecule has 1 N–H and O–H groups in total. The van der Waals surface area contributed by atoms with Gasteiger partial charge in [0.1, 0.15) is 5.82 Å². The van der Waals surface area contributed by atoms with Crippen LogP contribution in [0, 0.1) is 0 Å². The lowest BCUT2D eigenvalue weighted by atomic mass is 10.0. The number of hydrogen-bond acceptors (Lipinski definition) is 2.